The molecule has 2 aromatic heterocycles. The number of halogens is 1. The Labute approximate surface area is 191 Å². The highest BCUT2D eigenvalue weighted by Crippen LogP contribution is 2.34. The number of nitrogens with zero attached hydrogens (tertiary/aromatic N) is 3. The number of carbonyl (C=O) groups excluding carboxylic acids is 1. The standard InChI is InChI=1S/C26H26FN5O/c1-2-3-11-32-16-17(14-29-32)20-12-21-24(13-23(20)27)28-15-22(26(33)31-19-9-10-19)25(21)30-18-7-5-4-6-8-18/h4-8,12-16,19H,2-3,9-11H2,1H3,(H,28,30)(H,31,33). The third-order valence-corrected chi connectivity index (χ3v) is 5.84. The number of aromatic nitrogens is 3. The Bertz CT molecular complexity index is 1300. The lowest BCUT2D eigenvalue weighted by molar-refractivity contribution is 0.0951. The number of amides is 1. The molecule has 1 amide bonds. The van der Waals surface area contributed by atoms with Gasteiger partial charge in [-0.25, -0.2) is 4.39 Å². The van der Waals surface area contributed by atoms with E-state index in [1.54, 1.807) is 12.3 Å². The molecule has 2 heterocycles. The summed E-state index contributed by atoms with van der Waals surface area (Å²) >= 11 is 0. The molecule has 0 saturated heterocycles. The molecule has 1 fully saturated rings. The van der Waals surface area contributed by atoms with Gasteiger partial charge in [0.25, 0.3) is 5.91 Å². The Morgan fingerprint density at radius 1 is 1.18 bits per heavy atom. The van der Waals surface area contributed by atoms with Crippen LogP contribution in [0.15, 0.2) is 61.1 Å². The van der Waals surface area contributed by atoms with E-state index in [0.717, 1.165) is 37.9 Å². The molecule has 0 radical (unpaired) electrons. The van der Waals surface area contributed by atoms with E-state index in [4.69, 9.17) is 0 Å². The van der Waals surface area contributed by atoms with Gasteiger partial charge in [0.2, 0.25) is 0 Å². The molecule has 33 heavy (non-hydrogen) atoms. The number of hydrogen-bond acceptors (Lipinski definition) is 4. The fraction of sp³-hybridized carbons (Fsp3) is 0.269. The fourth-order valence-electron chi connectivity index (χ4n) is 3.84. The Kier molecular flexibility index (Phi) is 5.77. The molecule has 168 valence electrons. The number of pyridine rings is 1. The summed E-state index contributed by atoms with van der Waals surface area (Å²) in [7, 11) is 0. The van der Waals surface area contributed by atoms with Crippen LogP contribution in [0.3, 0.4) is 0 Å². The second-order valence-electron chi connectivity index (χ2n) is 8.48. The van der Waals surface area contributed by atoms with Gasteiger partial charge in [-0.1, -0.05) is 31.5 Å². The number of benzene rings is 2. The van der Waals surface area contributed by atoms with Crippen molar-refractivity contribution in [1.29, 1.82) is 0 Å². The summed E-state index contributed by atoms with van der Waals surface area (Å²) in [6, 6.07) is 13.0. The molecule has 0 spiro atoms. The van der Waals surface area contributed by atoms with Gasteiger partial charge >= 0.3 is 0 Å². The van der Waals surface area contributed by atoms with E-state index in [0.29, 0.717) is 33.3 Å². The van der Waals surface area contributed by atoms with Crippen LogP contribution < -0.4 is 10.6 Å². The molecule has 0 atom stereocenters. The van der Waals surface area contributed by atoms with E-state index in [9.17, 15) is 4.79 Å². The summed E-state index contributed by atoms with van der Waals surface area (Å²) in [5.41, 5.74) is 3.50. The number of fused-ring (bicyclic) bond motifs is 1. The van der Waals surface area contributed by atoms with Crippen molar-refractivity contribution >= 4 is 28.2 Å². The number of nitrogens with one attached hydrogen (secondary N) is 2. The van der Waals surface area contributed by atoms with Crippen LogP contribution in [0.2, 0.25) is 0 Å². The zero-order valence-electron chi connectivity index (χ0n) is 18.5. The summed E-state index contributed by atoms with van der Waals surface area (Å²) in [5.74, 6) is -0.547. The first-order chi connectivity index (χ1) is 16.1. The van der Waals surface area contributed by atoms with Crippen molar-refractivity contribution in [2.75, 3.05) is 5.32 Å². The van der Waals surface area contributed by atoms with E-state index in [1.165, 1.54) is 12.3 Å². The van der Waals surface area contributed by atoms with Crippen LogP contribution in [0.1, 0.15) is 43.0 Å². The van der Waals surface area contributed by atoms with E-state index in [2.05, 4.69) is 27.6 Å². The Balaban J connectivity index is 1.62. The van der Waals surface area contributed by atoms with Crippen LogP contribution in [0, 0.1) is 5.82 Å². The molecule has 1 aliphatic carbocycles. The summed E-state index contributed by atoms with van der Waals surface area (Å²) in [4.78, 5) is 17.4. The van der Waals surface area contributed by atoms with Gasteiger partial charge in [0.1, 0.15) is 5.82 Å². The molecule has 4 aromatic rings. The predicted octanol–water partition coefficient (Wildman–Crippen LogP) is 5.67. The number of anilines is 2. The minimum Gasteiger partial charge on any atom is -0.354 e. The van der Waals surface area contributed by atoms with Gasteiger partial charge in [-0.2, -0.15) is 5.10 Å². The third kappa shape index (κ3) is 4.58. The SMILES string of the molecule is CCCCn1cc(-c2cc3c(Nc4ccccc4)c(C(=O)NC4CC4)cnc3cc2F)cn1. The highest BCUT2D eigenvalue weighted by molar-refractivity contribution is 6.09. The van der Waals surface area contributed by atoms with Crippen molar-refractivity contribution in [1.82, 2.24) is 20.1 Å². The maximum Gasteiger partial charge on any atom is 0.255 e. The topological polar surface area (TPSA) is 71.8 Å². The highest BCUT2D eigenvalue weighted by atomic mass is 19.1. The van der Waals surface area contributed by atoms with Crippen molar-refractivity contribution in [2.45, 2.75) is 45.2 Å². The lowest BCUT2D eigenvalue weighted by Gasteiger charge is -2.16. The van der Waals surface area contributed by atoms with E-state index < -0.39 is 0 Å². The summed E-state index contributed by atoms with van der Waals surface area (Å²) in [5, 5.41) is 11.5. The minimum atomic E-state index is -0.370. The molecule has 0 aliphatic heterocycles. The lowest BCUT2D eigenvalue weighted by atomic mass is 10.0. The molecule has 6 nitrogen and oxygen atoms in total. The summed E-state index contributed by atoms with van der Waals surface area (Å²) < 4.78 is 16.9. The average Bonchev–Trinajstić information content (AvgIpc) is 3.51. The number of unbranched alkanes of at least 4 members (excludes halogenated alkanes) is 1. The second kappa shape index (κ2) is 9.02. The van der Waals surface area contributed by atoms with Crippen LogP contribution in [0.4, 0.5) is 15.8 Å². The number of para-hydroxylation sites is 1. The number of aryl methyl sites for hydroxylation is 1. The van der Waals surface area contributed by atoms with Crippen LogP contribution >= 0.6 is 0 Å². The van der Waals surface area contributed by atoms with Gasteiger partial charge in [0, 0.05) is 53.2 Å². The zero-order chi connectivity index (χ0) is 22.8. The molecule has 1 saturated carbocycles. The smallest absolute Gasteiger partial charge is 0.255 e. The molecule has 5 rings (SSSR count). The van der Waals surface area contributed by atoms with Crippen molar-refractivity contribution < 1.29 is 9.18 Å². The Hall–Kier alpha value is -3.74. The zero-order valence-corrected chi connectivity index (χ0v) is 18.5. The van der Waals surface area contributed by atoms with Crippen LogP contribution in [-0.4, -0.2) is 26.7 Å². The Morgan fingerprint density at radius 2 is 2.00 bits per heavy atom. The van der Waals surface area contributed by atoms with Gasteiger partial charge in [-0.15, -0.1) is 0 Å². The number of carbonyl (C=O) groups is 1. The van der Waals surface area contributed by atoms with E-state index >= 15 is 4.39 Å². The van der Waals surface area contributed by atoms with Crippen molar-refractivity contribution in [3.8, 4) is 11.1 Å². The molecule has 7 heteroatoms. The van der Waals surface area contributed by atoms with Crippen LogP contribution in [0.25, 0.3) is 22.0 Å². The van der Waals surface area contributed by atoms with Crippen molar-refractivity contribution in [3.05, 3.63) is 72.4 Å². The molecule has 0 bridgehead atoms. The number of hydrogen-bond donors (Lipinski definition) is 2. The monoisotopic (exact) mass is 443 g/mol. The molecule has 0 unspecified atom stereocenters. The first-order valence-corrected chi connectivity index (χ1v) is 11.4. The highest BCUT2D eigenvalue weighted by Gasteiger charge is 2.26. The summed E-state index contributed by atoms with van der Waals surface area (Å²) in [6.45, 7) is 2.91. The second-order valence-corrected chi connectivity index (χ2v) is 8.48. The third-order valence-electron chi connectivity index (χ3n) is 5.84. The quantitative estimate of drug-likeness (QED) is 0.368. The maximum atomic E-state index is 15.1. The number of rotatable bonds is 8. The maximum absolute atomic E-state index is 15.1. The molecular formula is C26H26FN5O. The average molecular weight is 444 g/mol. The molecule has 2 aromatic carbocycles. The largest absolute Gasteiger partial charge is 0.354 e. The van der Waals surface area contributed by atoms with Gasteiger partial charge in [0.05, 0.1) is 23.0 Å². The van der Waals surface area contributed by atoms with Gasteiger partial charge < -0.3 is 10.6 Å². The van der Waals surface area contributed by atoms with Gasteiger partial charge in [-0.3, -0.25) is 14.5 Å². The van der Waals surface area contributed by atoms with Gasteiger partial charge in [-0.05, 0) is 37.5 Å². The first kappa shape index (κ1) is 21.1. The molecule has 2 N–H and O–H groups in total. The lowest BCUT2D eigenvalue weighted by Crippen LogP contribution is -2.26. The minimum absolute atomic E-state index is 0.177. The predicted molar refractivity (Wildman–Crippen MR) is 128 cm³/mol. The molecular weight excluding hydrogens is 417 g/mol. The van der Waals surface area contributed by atoms with Crippen molar-refractivity contribution in [2.24, 2.45) is 0 Å². The normalized spacial score (nSPS) is 13.3. The van der Waals surface area contributed by atoms with Crippen LogP contribution in [0.5, 0.6) is 0 Å². The summed E-state index contributed by atoms with van der Waals surface area (Å²) in [6.07, 6.45) is 9.12. The Morgan fingerprint density at radius 3 is 2.76 bits per heavy atom. The molecule has 1 aliphatic rings. The fourth-order valence-corrected chi connectivity index (χ4v) is 3.84. The van der Waals surface area contributed by atoms with Crippen molar-refractivity contribution in [3.63, 3.8) is 0 Å². The van der Waals surface area contributed by atoms with E-state index in [-0.39, 0.29) is 17.8 Å². The first-order valence-electron chi connectivity index (χ1n) is 11.4. The van der Waals surface area contributed by atoms with Crippen LogP contribution in [-0.2, 0) is 6.54 Å². The van der Waals surface area contributed by atoms with E-state index in [1.807, 2.05) is 41.2 Å². The van der Waals surface area contributed by atoms with Gasteiger partial charge in [0.15, 0.2) is 0 Å².